The van der Waals surface area contributed by atoms with Crippen LogP contribution in [-0.4, -0.2) is 27.3 Å². The van der Waals surface area contributed by atoms with E-state index < -0.39 is 10.0 Å². The van der Waals surface area contributed by atoms with Crippen molar-refractivity contribution in [2.75, 3.05) is 18.8 Å². The molecule has 3 N–H and O–H groups in total. The minimum atomic E-state index is -3.32. The minimum absolute atomic E-state index is 0.00117. The lowest BCUT2D eigenvalue weighted by molar-refractivity contribution is 0.240. The highest BCUT2D eigenvalue weighted by molar-refractivity contribution is 7.89. The lowest BCUT2D eigenvalue weighted by Gasteiger charge is -2.29. The van der Waals surface area contributed by atoms with Crippen LogP contribution < -0.4 is 10.5 Å². The van der Waals surface area contributed by atoms with Crippen molar-refractivity contribution in [3.05, 3.63) is 0 Å². The summed E-state index contributed by atoms with van der Waals surface area (Å²) in [7, 11) is -3.32. The van der Waals surface area contributed by atoms with E-state index in [0.717, 1.165) is 6.54 Å². The van der Waals surface area contributed by atoms with E-state index in [2.05, 4.69) is 33.0 Å². The molecule has 0 rings (SSSR count). The number of hydrogen-bond donors (Lipinski definition) is 2. The summed E-state index contributed by atoms with van der Waals surface area (Å²) in [6.45, 7) is 9.85. The Morgan fingerprint density at radius 3 is 2.21 bits per heavy atom. The molecule has 14 heavy (non-hydrogen) atoms. The van der Waals surface area contributed by atoms with Gasteiger partial charge in [0, 0.05) is 13.1 Å². The highest BCUT2D eigenvalue weighted by atomic mass is 32.2. The van der Waals surface area contributed by atoms with Crippen molar-refractivity contribution in [1.82, 2.24) is 5.32 Å². The second kappa shape index (κ2) is 5.09. The molecule has 0 spiro atoms. The van der Waals surface area contributed by atoms with Gasteiger partial charge in [0.1, 0.15) is 0 Å². The smallest absolute Gasteiger partial charge is 0.210 e. The Balaban J connectivity index is 3.76. The molecule has 4 nitrogen and oxygen atoms in total. The quantitative estimate of drug-likeness (QED) is 0.645. The molecule has 0 heterocycles. The first-order valence-corrected chi connectivity index (χ1v) is 6.58. The van der Waals surface area contributed by atoms with Gasteiger partial charge in [-0.25, -0.2) is 13.6 Å². The van der Waals surface area contributed by atoms with E-state index >= 15 is 0 Å². The molecule has 0 aliphatic carbocycles. The second-order valence-electron chi connectivity index (χ2n) is 4.69. The fraction of sp³-hybridized carbons (Fsp3) is 1.00. The first-order chi connectivity index (χ1) is 6.15. The highest BCUT2D eigenvalue weighted by Crippen LogP contribution is 2.24. The van der Waals surface area contributed by atoms with Gasteiger partial charge in [-0.2, -0.15) is 0 Å². The van der Waals surface area contributed by atoms with Gasteiger partial charge in [-0.05, 0) is 11.3 Å². The average molecular weight is 222 g/mol. The van der Waals surface area contributed by atoms with Crippen LogP contribution in [0.3, 0.4) is 0 Å². The second-order valence-corrected chi connectivity index (χ2v) is 6.42. The van der Waals surface area contributed by atoms with Crippen molar-refractivity contribution in [2.24, 2.45) is 16.5 Å². The van der Waals surface area contributed by atoms with E-state index in [1.54, 1.807) is 0 Å². The molecular weight excluding hydrogens is 200 g/mol. The molecule has 0 aliphatic heterocycles. The number of nitrogens with one attached hydrogen (secondary N) is 1. The Bertz CT molecular complexity index is 258. The van der Waals surface area contributed by atoms with Crippen LogP contribution in [0, 0.1) is 11.3 Å². The van der Waals surface area contributed by atoms with Crippen LogP contribution in [0.25, 0.3) is 0 Å². The maximum atomic E-state index is 10.6. The zero-order valence-corrected chi connectivity index (χ0v) is 10.3. The number of primary sulfonamides is 1. The topological polar surface area (TPSA) is 72.2 Å². The minimum Gasteiger partial charge on any atom is -0.315 e. The fourth-order valence-electron chi connectivity index (χ4n) is 0.829. The molecule has 0 aliphatic rings. The van der Waals surface area contributed by atoms with E-state index in [-0.39, 0.29) is 11.2 Å². The standard InChI is InChI=1S/C9H22N2O2S/c1-8(2)9(3,4)7-11-5-6-14(10,12)13/h8,11H,5-7H2,1-4H3,(H2,10,12,13). The Kier molecular flexibility index (Phi) is 5.05. The third-order valence-electron chi connectivity index (χ3n) is 2.71. The van der Waals surface area contributed by atoms with Gasteiger partial charge in [0.15, 0.2) is 0 Å². The number of sulfonamides is 1. The van der Waals surface area contributed by atoms with Gasteiger partial charge >= 0.3 is 0 Å². The van der Waals surface area contributed by atoms with Gasteiger partial charge in [0.2, 0.25) is 10.0 Å². The summed E-state index contributed by atoms with van der Waals surface area (Å²) in [5.74, 6) is 0.561. The maximum Gasteiger partial charge on any atom is 0.210 e. The van der Waals surface area contributed by atoms with Crippen molar-refractivity contribution < 1.29 is 8.42 Å². The highest BCUT2D eigenvalue weighted by Gasteiger charge is 2.21. The molecule has 5 heteroatoms. The SMILES string of the molecule is CC(C)C(C)(C)CNCCS(N)(=O)=O. The van der Waals surface area contributed by atoms with Crippen molar-refractivity contribution in [1.29, 1.82) is 0 Å². The van der Waals surface area contributed by atoms with Crippen LogP contribution in [0.4, 0.5) is 0 Å². The Morgan fingerprint density at radius 1 is 1.36 bits per heavy atom. The fourth-order valence-corrected chi connectivity index (χ4v) is 1.26. The predicted octanol–water partition coefficient (Wildman–Crippen LogP) is 0.547. The van der Waals surface area contributed by atoms with Gasteiger partial charge in [-0.1, -0.05) is 27.7 Å². The molecule has 0 bridgehead atoms. The summed E-state index contributed by atoms with van der Waals surface area (Å²) in [6, 6.07) is 0. The monoisotopic (exact) mass is 222 g/mol. The van der Waals surface area contributed by atoms with Crippen LogP contribution in [0.15, 0.2) is 0 Å². The van der Waals surface area contributed by atoms with E-state index in [4.69, 9.17) is 5.14 Å². The predicted molar refractivity (Wildman–Crippen MR) is 59.5 cm³/mol. The summed E-state index contributed by atoms with van der Waals surface area (Å²) in [5.41, 5.74) is 0.179. The zero-order chi connectivity index (χ0) is 11.4. The van der Waals surface area contributed by atoms with Crippen LogP contribution in [0.5, 0.6) is 0 Å². The van der Waals surface area contributed by atoms with Crippen molar-refractivity contribution in [2.45, 2.75) is 27.7 Å². The molecule has 0 unspecified atom stereocenters. The molecule has 0 aromatic carbocycles. The van der Waals surface area contributed by atoms with E-state index in [1.165, 1.54) is 0 Å². The summed E-state index contributed by atoms with van der Waals surface area (Å²) in [5, 5.41) is 7.98. The number of nitrogens with two attached hydrogens (primary N) is 1. The molecule has 0 radical (unpaired) electrons. The summed E-state index contributed by atoms with van der Waals surface area (Å²) in [4.78, 5) is 0. The van der Waals surface area contributed by atoms with E-state index in [1.807, 2.05) is 0 Å². The van der Waals surface area contributed by atoms with Gasteiger partial charge in [0.25, 0.3) is 0 Å². The van der Waals surface area contributed by atoms with Crippen molar-refractivity contribution in [3.8, 4) is 0 Å². The van der Waals surface area contributed by atoms with E-state index in [0.29, 0.717) is 12.5 Å². The molecule has 0 amide bonds. The summed E-state index contributed by atoms with van der Waals surface area (Å²) >= 11 is 0. The molecule has 0 aromatic rings. The maximum absolute atomic E-state index is 10.6. The van der Waals surface area contributed by atoms with Crippen LogP contribution in [0.1, 0.15) is 27.7 Å². The molecule has 0 saturated carbocycles. The van der Waals surface area contributed by atoms with E-state index in [9.17, 15) is 8.42 Å². The molecule has 0 atom stereocenters. The third kappa shape index (κ3) is 6.34. The summed E-state index contributed by atoms with van der Waals surface area (Å²) in [6.07, 6.45) is 0. The zero-order valence-electron chi connectivity index (χ0n) is 9.50. The van der Waals surface area contributed by atoms with Gasteiger partial charge < -0.3 is 5.32 Å². The number of rotatable bonds is 6. The summed E-state index contributed by atoms with van der Waals surface area (Å²) < 4.78 is 21.3. The molecule has 0 aromatic heterocycles. The molecule has 0 saturated heterocycles. The van der Waals surface area contributed by atoms with Crippen LogP contribution >= 0.6 is 0 Å². The Labute approximate surface area is 87.3 Å². The molecular formula is C9H22N2O2S. The third-order valence-corrected chi connectivity index (χ3v) is 3.48. The van der Waals surface area contributed by atoms with Crippen molar-refractivity contribution >= 4 is 10.0 Å². The van der Waals surface area contributed by atoms with Crippen LogP contribution in [-0.2, 0) is 10.0 Å². The Morgan fingerprint density at radius 2 is 1.86 bits per heavy atom. The van der Waals surface area contributed by atoms with Gasteiger partial charge in [-0.15, -0.1) is 0 Å². The van der Waals surface area contributed by atoms with Crippen LogP contribution in [0.2, 0.25) is 0 Å². The average Bonchev–Trinajstić information content (AvgIpc) is 1.96. The van der Waals surface area contributed by atoms with Gasteiger partial charge in [-0.3, -0.25) is 0 Å². The lowest BCUT2D eigenvalue weighted by atomic mass is 9.81. The molecule has 0 fully saturated rings. The number of hydrogen-bond acceptors (Lipinski definition) is 3. The van der Waals surface area contributed by atoms with Gasteiger partial charge in [0.05, 0.1) is 5.75 Å². The normalized spacial score (nSPS) is 13.6. The lowest BCUT2D eigenvalue weighted by Crippen LogP contribution is -2.36. The first-order valence-electron chi connectivity index (χ1n) is 4.86. The van der Waals surface area contributed by atoms with Crippen molar-refractivity contribution in [3.63, 3.8) is 0 Å². The first kappa shape index (κ1) is 13.9. The largest absolute Gasteiger partial charge is 0.315 e. The molecule has 86 valence electrons. The Hall–Kier alpha value is -0.130.